The number of aromatic amines is 1. The maximum Gasteiger partial charge on any atom is 0.270 e. The second-order valence-electron chi connectivity index (χ2n) is 5.54. The van der Waals surface area contributed by atoms with Gasteiger partial charge in [-0.3, -0.25) is 9.59 Å². The number of H-pyrrole nitrogens is 1. The molecule has 2 N–H and O–H groups in total. The molecule has 3 aromatic rings. The van der Waals surface area contributed by atoms with E-state index in [1.54, 1.807) is 6.26 Å². The Morgan fingerprint density at radius 3 is 3.22 bits per heavy atom. The number of rotatable bonds is 2. The van der Waals surface area contributed by atoms with Crippen LogP contribution in [0.3, 0.4) is 0 Å². The lowest BCUT2D eigenvalue weighted by atomic mass is 9.93. The summed E-state index contributed by atoms with van der Waals surface area (Å²) < 4.78 is 5.43. The third-order valence-corrected chi connectivity index (χ3v) is 4.12. The molecule has 0 saturated heterocycles. The number of carbonyl (C=O) groups excluding carboxylic acids is 1. The fourth-order valence-electron chi connectivity index (χ4n) is 2.96. The molecule has 0 spiro atoms. The number of aromatic nitrogens is 3. The van der Waals surface area contributed by atoms with Gasteiger partial charge in [-0.1, -0.05) is 0 Å². The number of aryl methyl sites for hydroxylation is 1. The van der Waals surface area contributed by atoms with Gasteiger partial charge in [-0.25, -0.2) is 9.97 Å². The number of pyridine rings is 1. The molecule has 7 heteroatoms. The molecular weight excluding hydrogens is 296 g/mol. The molecule has 1 aliphatic rings. The number of amides is 1. The lowest BCUT2D eigenvalue weighted by Crippen LogP contribution is -2.31. The Labute approximate surface area is 130 Å². The molecule has 7 nitrogen and oxygen atoms in total. The van der Waals surface area contributed by atoms with Crippen LogP contribution in [0.1, 0.15) is 40.7 Å². The highest BCUT2D eigenvalue weighted by Crippen LogP contribution is 2.30. The standard InChI is InChI=1S/C16H14N4O3/c21-15-10-6-12(17-7-13(10)18-8-19-15)16(22)20-11-2-1-3-14-9(11)4-5-23-14/h4-8,11H,1-3H2,(H,20,22)(H,18,19,21). The summed E-state index contributed by atoms with van der Waals surface area (Å²) in [7, 11) is 0. The number of fused-ring (bicyclic) bond motifs is 2. The molecule has 0 aromatic carbocycles. The number of nitrogens with one attached hydrogen (secondary N) is 2. The van der Waals surface area contributed by atoms with Crippen molar-refractivity contribution >= 4 is 16.8 Å². The summed E-state index contributed by atoms with van der Waals surface area (Å²) in [6, 6.07) is 3.27. The number of hydrogen-bond acceptors (Lipinski definition) is 5. The first-order valence-corrected chi connectivity index (χ1v) is 7.43. The van der Waals surface area contributed by atoms with Crippen LogP contribution in [-0.2, 0) is 6.42 Å². The van der Waals surface area contributed by atoms with Crippen LogP contribution in [0.15, 0.2) is 40.1 Å². The van der Waals surface area contributed by atoms with Gasteiger partial charge >= 0.3 is 0 Å². The number of hydrogen-bond donors (Lipinski definition) is 2. The number of furan rings is 1. The molecule has 1 aliphatic carbocycles. The Hall–Kier alpha value is -2.96. The summed E-state index contributed by atoms with van der Waals surface area (Å²) >= 11 is 0. The largest absolute Gasteiger partial charge is 0.469 e. The summed E-state index contributed by atoms with van der Waals surface area (Å²) in [6.07, 6.45) is 7.10. The quantitative estimate of drug-likeness (QED) is 0.750. The van der Waals surface area contributed by atoms with Gasteiger partial charge in [0, 0.05) is 12.0 Å². The minimum atomic E-state index is -0.311. The van der Waals surface area contributed by atoms with Crippen molar-refractivity contribution in [1.82, 2.24) is 20.3 Å². The van der Waals surface area contributed by atoms with Crippen molar-refractivity contribution < 1.29 is 9.21 Å². The zero-order valence-corrected chi connectivity index (χ0v) is 12.2. The van der Waals surface area contributed by atoms with Crippen LogP contribution in [0, 0.1) is 0 Å². The van der Waals surface area contributed by atoms with Crippen LogP contribution < -0.4 is 10.9 Å². The fraction of sp³-hybridized carbons (Fsp3) is 0.250. The van der Waals surface area contributed by atoms with Crippen molar-refractivity contribution in [2.45, 2.75) is 25.3 Å². The van der Waals surface area contributed by atoms with Gasteiger partial charge in [0.15, 0.2) is 0 Å². The van der Waals surface area contributed by atoms with E-state index >= 15 is 0 Å². The molecule has 4 rings (SSSR count). The number of nitrogens with zero attached hydrogens (tertiary/aromatic N) is 2. The summed E-state index contributed by atoms with van der Waals surface area (Å²) in [5.74, 6) is 0.614. The van der Waals surface area contributed by atoms with Crippen LogP contribution in [0.2, 0.25) is 0 Å². The van der Waals surface area contributed by atoms with E-state index in [0.29, 0.717) is 10.9 Å². The van der Waals surface area contributed by atoms with E-state index in [4.69, 9.17) is 4.42 Å². The highest BCUT2D eigenvalue weighted by molar-refractivity contribution is 5.95. The van der Waals surface area contributed by atoms with Crippen molar-refractivity contribution in [3.05, 3.63) is 58.3 Å². The first-order chi connectivity index (χ1) is 11.2. The average molecular weight is 310 g/mol. The van der Waals surface area contributed by atoms with Gasteiger partial charge in [0.25, 0.3) is 11.5 Å². The first-order valence-electron chi connectivity index (χ1n) is 7.43. The molecule has 0 radical (unpaired) electrons. The molecule has 0 bridgehead atoms. The molecule has 1 atom stereocenters. The smallest absolute Gasteiger partial charge is 0.270 e. The lowest BCUT2D eigenvalue weighted by Gasteiger charge is -2.22. The third kappa shape index (κ3) is 2.40. The Balaban J connectivity index is 1.63. The summed E-state index contributed by atoms with van der Waals surface area (Å²) in [5, 5.41) is 3.32. The second kappa shape index (κ2) is 5.35. The van der Waals surface area contributed by atoms with E-state index in [1.807, 2.05) is 6.07 Å². The molecule has 23 heavy (non-hydrogen) atoms. The molecular formula is C16H14N4O3. The zero-order valence-electron chi connectivity index (χ0n) is 12.2. The molecule has 0 fully saturated rings. The minimum absolute atomic E-state index is 0.0883. The Morgan fingerprint density at radius 2 is 2.30 bits per heavy atom. The van der Waals surface area contributed by atoms with Crippen LogP contribution >= 0.6 is 0 Å². The number of carbonyl (C=O) groups is 1. The zero-order chi connectivity index (χ0) is 15.8. The molecule has 3 aromatic heterocycles. The molecule has 0 aliphatic heterocycles. The average Bonchev–Trinajstić information content (AvgIpc) is 3.04. The highest BCUT2D eigenvalue weighted by Gasteiger charge is 2.24. The van der Waals surface area contributed by atoms with E-state index in [0.717, 1.165) is 30.6 Å². The van der Waals surface area contributed by atoms with E-state index in [2.05, 4.69) is 20.3 Å². The van der Waals surface area contributed by atoms with E-state index in [1.165, 1.54) is 18.6 Å². The van der Waals surface area contributed by atoms with Gasteiger partial charge in [0.1, 0.15) is 11.5 Å². The first kappa shape index (κ1) is 13.7. The molecule has 1 amide bonds. The molecule has 0 saturated carbocycles. The van der Waals surface area contributed by atoms with Crippen LogP contribution in [-0.4, -0.2) is 20.9 Å². The third-order valence-electron chi connectivity index (χ3n) is 4.12. The van der Waals surface area contributed by atoms with Crippen LogP contribution in [0.5, 0.6) is 0 Å². The topological polar surface area (TPSA) is 101 Å². The monoisotopic (exact) mass is 310 g/mol. The van der Waals surface area contributed by atoms with Gasteiger partial charge in [-0.15, -0.1) is 0 Å². The van der Waals surface area contributed by atoms with Crippen LogP contribution in [0.4, 0.5) is 0 Å². The maximum atomic E-state index is 12.5. The Bertz CT molecular complexity index is 944. The fourth-order valence-corrected chi connectivity index (χ4v) is 2.96. The molecule has 3 heterocycles. The van der Waals surface area contributed by atoms with Crippen molar-refractivity contribution in [3.8, 4) is 0 Å². The van der Waals surface area contributed by atoms with Gasteiger partial charge < -0.3 is 14.7 Å². The van der Waals surface area contributed by atoms with E-state index in [9.17, 15) is 9.59 Å². The summed E-state index contributed by atoms with van der Waals surface area (Å²) in [5.41, 5.74) is 1.39. The highest BCUT2D eigenvalue weighted by atomic mass is 16.3. The maximum absolute atomic E-state index is 12.5. The van der Waals surface area contributed by atoms with Crippen molar-refractivity contribution in [2.24, 2.45) is 0 Å². The second-order valence-corrected chi connectivity index (χ2v) is 5.54. The summed E-state index contributed by atoms with van der Waals surface area (Å²) in [4.78, 5) is 34.9. The minimum Gasteiger partial charge on any atom is -0.469 e. The Kier molecular flexibility index (Phi) is 3.18. The molecule has 116 valence electrons. The van der Waals surface area contributed by atoms with Gasteiger partial charge in [0.2, 0.25) is 0 Å². The van der Waals surface area contributed by atoms with Crippen molar-refractivity contribution in [3.63, 3.8) is 0 Å². The normalized spacial score (nSPS) is 17.0. The Morgan fingerprint density at radius 1 is 1.39 bits per heavy atom. The van der Waals surface area contributed by atoms with Crippen molar-refractivity contribution in [2.75, 3.05) is 0 Å². The van der Waals surface area contributed by atoms with Crippen LogP contribution in [0.25, 0.3) is 10.9 Å². The summed E-state index contributed by atoms with van der Waals surface area (Å²) in [6.45, 7) is 0. The lowest BCUT2D eigenvalue weighted by molar-refractivity contribution is 0.0927. The van der Waals surface area contributed by atoms with Crippen molar-refractivity contribution in [1.29, 1.82) is 0 Å². The van der Waals surface area contributed by atoms with E-state index in [-0.39, 0.29) is 23.2 Å². The predicted octanol–water partition coefficient (Wildman–Crippen LogP) is 1.72. The SMILES string of the molecule is O=C(NC1CCCc2occc21)c1cc2c(=O)[nH]cnc2cn1. The predicted molar refractivity (Wildman–Crippen MR) is 82.0 cm³/mol. The van der Waals surface area contributed by atoms with Gasteiger partial charge in [-0.2, -0.15) is 0 Å². The van der Waals surface area contributed by atoms with Gasteiger partial charge in [-0.05, 0) is 25.0 Å². The van der Waals surface area contributed by atoms with Gasteiger partial charge in [0.05, 0.1) is 35.7 Å². The molecule has 1 unspecified atom stereocenters. The van der Waals surface area contributed by atoms with E-state index < -0.39 is 0 Å².